The highest BCUT2D eigenvalue weighted by molar-refractivity contribution is 7.80. The number of hydrogen-bond acceptors (Lipinski definition) is 3. The van der Waals surface area contributed by atoms with Gasteiger partial charge in [0.2, 0.25) is 0 Å². The summed E-state index contributed by atoms with van der Waals surface area (Å²) < 4.78 is 11.1. The summed E-state index contributed by atoms with van der Waals surface area (Å²) >= 11 is 4.87. The Morgan fingerprint density at radius 1 is 1.17 bits per heavy atom. The molecular weight excluding hydrogens is 246 g/mol. The van der Waals surface area contributed by atoms with E-state index in [-0.39, 0.29) is 0 Å². The van der Waals surface area contributed by atoms with Crippen molar-refractivity contribution < 1.29 is 9.47 Å². The molecule has 0 atom stereocenters. The monoisotopic (exact) mass is 267 g/mol. The van der Waals surface area contributed by atoms with Gasteiger partial charge in [0.05, 0.1) is 18.2 Å². The molecule has 0 spiro atoms. The molecule has 0 heterocycles. The van der Waals surface area contributed by atoms with Gasteiger partial charge in [0.1, 0.15) is 0 Å². The number of hydrogen-bond donors (Lipinski definition) is 1. The zero-order chi connectivity index (χ0) is 13.4. The number of rotatable bonds is 8. The summed E-state index contributed by atoms with van der Waals surface area (Å²) in [5.41, 5.74) is 6.71. The first-order valence-electron chi connectivity index (χ1n) is 6.34. The average Bonchev–Trinajstić information content (AvgIpc) is 2.32. The lowest BCUT2D eigenvalue weighted by atomic mass is 10.1. The van der Waals surface area contributed by atoms with E-state index in [4.69, 9.17) is 27.4 Å². The SMILES string of the molecule is CCOc1ccc(CCCC(N)=S)cc1OCC. The lowest BCUT2D eigenvalue weighted by Gasteiger charge is -2.12. The second-order valence-corrected chi connectivity index (χ2v) is 4.49. The van der Waals surface area contributed by atoms with E-state index in [0.717, 1.165) is 30.8 Å². The fraction of sp³-hybridized carbons (Fsp3) is 0.500. The molecule has 1 aromatic rings. The molecule has 0 saturated heterocycles. The molecule has 0 aromatic heterocycles. The zero-order valence-electron chi connectivity index (χ0n) is 11.1. The Kier molecular flexibility index (Phi) is 6.50. The third-order valence-corrected chi connectivity index (χ3v) is 2.70. The number of ether oxygens (including phenoxy) is 2. The van der Waals surface area contributed by atoms with Gasteiger partial charge in [0.15, 0.2) is 11.5 Å². The van der Waals surface area contributed by atoms with E-state index >= 15 is 0 Å². The standard InChI is InChI=1S/C14H21NO2S/c1-3-16-12-9-8-11(6-5-7-14(15)18)10-13(12)17-4-2/h8-10H,3-7H2,1-2H3,(H2,15,18). The van der Waals surface area contributed by atoms with Crippen molar-refractivity contribution in [3.63, 3.8) is 0 Å². The summed E-state index contributed by atoms with van der Waals surface area (Å²) in [5, 5.41) is 0. The molecule has 2 N–H and O–H groups in total. The highest BCUT2D eigenvalue weighted by atomic mass is 32.1. The number of aryl methyl sites for hydroxylation is 1. The lowest BCUT2D eigenvalue weighted by Crippen LogP contribution is -2.07. The van der Waals surface area contributed by atoms with Crippen LogP contribution in [0.4, 0.5) is 0 Å². The first-order valence-corrected chi connectivity index (χ1v) is 6.75. The van der Waals surface area contributed by atoms with Crippen molar-refractivity contribution in [1.82, 2.24) is 0 Å². The fourth-order valence-electron chi connectivity index (χ4n) is 1.72. The van der Waals surface area contributed by atoms with Gasteiger partial charge in [0, 0.05) is 0 Å². The van der Waals surface area contributed by atoms with Crippen LogP contribution in [0.2, 0.25) is 0 Å². The van der Waals surface area contributed by atoms with Crippen LogP contribution < -0.4 is 15.2 Å². The van der Waals surface area contributed by atoms with Crippen LogP contribution in [0.1, 0.15) is 32.3 Å². The molecular formula is C14H21NO2S. The van der Waals surface area contributed by atoms with Crippen molar-refractivity contribution >= 4 is 17.2 Å². The maximum atomic E-state index is 5.58. The first-order chi connectivity index (χ1) is 8.67. The van der Waals surface area contributed by atoms with Crippen LogP contribution >= 0.6 is 12.2 Å². The van der Waals surface area contributed by atoms with Gasteiger partial charge in [-0.2, -0.15) is 0 Å². The Morgan fingerprint density at radius 3 is 2.44 bits per heavy atom. The minimum Gasteiger partial charge on any atom is -0.490 e. The van der Waals surface area contributed by atoms with Crippen molar-refractivity contribution in [3.8, 4) is 11.5 Å². The van der Waals surface area contributed by atoms with Crippen LogP contribution in [0.15, 0.2) is 18.2 Å². The van der Waals surface area contributed by atoms with E-state index in [2.05, 4.69) is 6.07 Å². The lowest BCUT2D eigenvalue weighted by molar-refractivity contribution is 0.287. The second-order valence-electron chi connectivity index (χ2n) is 3.97. The fourth-order valence-corrected chi connectivity index (χ4v) is 1.86. The maximum absolute atomic E-state index is 5.58. The van der Waals surface area contributed by atoms with Gasteiger partial charge in [-0.05, 0) is 50.8 Å². The van der Waals surface area contributed by atoms with Crippen molar-refractivity contribution in [1.29, 1.82) is 0 Å². The highest BCUT2D eigenvalue weighted by Crippen LogP contribution is 2.29. The second kappa shape index (κ2) is 7.93. The topological polar surface area (TPSA) is 44.5 Å². The van der Waals surface area contributed by atoms with Crippen molar-refractivity contribution in [3.05, 3.63) is 23.8 Å². The van der Waals surface area contributed by atoms with E-state index < -0.39 is 0 Å². The van der Waals surface area contributed by atoms with Crippen LogP contribution in [0, 0.1) is 0 Å². The molecule has 1 aromatic carbocycles. The normalized spacial score (nSPS) is 10.1. The predicted molar refractivity (Wildman–Crippen MR) is 78.5 cm³/mol. The summed E-state index contributed by atoms with van der Waals surface area (Å²) in [5.74, 6) is 1.62. The molecule has 0 radical (unpaired) electrons. The molecule has 0 bridgehead atoms. The molecule has 0 aliphatic carbocycles. The van der Waals surface area contributed by atoms with Gasteiger partial charge in [-0.1, -0.05) is 18.3 Å². The van der Waals surface area contributed by atoms with E-state index in [1.807, 2.05) is 26.0 Å². The average molecular weight is 267 g/mol. The van der Waals surface area contributed by atoms with Crippen molar-refractivity contribution in [2.45, 2.75) is 33.1 Å². The highest BCUT2D eigenvalue weighted by Gasteiger charge is 2.06. The molecule has 0 aliphatic rings. The van der Waals surface area contributed by atoms with Crippen molar-refractivity contribution in [2.24, 2.45) is 5.73 Å². The summed E-state index contributed by atoms with van der Waals surface area (Å²) in [4.78, 5) is 0.575. The van der Waals surface area contributed by atoms with Crippen LogP contribution in [0.3, 0.4) is 0 Å². The minimum absolute atomic E-state index is 0.575. The molecule has 18 heavy (non-hydrogen) atoms. The molecule has 0 saturated carbocycles. The van der Waals surface area contributed by atoms with Gasteiger partial charge in [-0.15, -0.1) is 0 Å². The molecule has 100 valence electrons. The Labute approximate surface area is 114 Å². The largest absolute Gasteiger partial charge is 0.490 e. The molecule has 3 nitrogen and oxygen atoms in total. The van der Waals surface area contributed by atoms with Crippen LogP contribution in [-0.2, 0) is 6.42 Å². The van der Waals surface area contributed by atoms with Gasteiger partial charge >= 0.3 is 0 Å². The minimum atomic E-state index is 0.575. The molecule has 0 unspecified atom stereocenters. The van der Waals surface area contributed by atoms with E-state index in [1.54, 1.807) is 0 Å². The van der Waals surface area contributed by atoms with E-state index in [9.17, 15) is 0 Å². The molecule has 1 rings (SSSR count). The van der Waals surface area contributed by atoms with Crippen LogP contribution in [-0.4, -0.2) is 18.2 Å². The van der Waals surface area contributed by atoms with E-state index in [0.29, 0.717) is 18.2 Å². The number of thiocarbonyl (C=S) groups is 1. The molecule has 4 heteroatoms. The molecule has 0 aliphatic heterocycles. The first kappa shape index (κ1) is 14.8. The summed E-state index contributed by atoms with van der Waals surface area (Å²) in [6, 6.07) is 6.06. The summed E-state index contributed by atoms with van der Waals surface area (Å²) in [6.45, 7) is 5.21. The number of nitrogens with two attached hydrogens (primary N) is 1. The van der Waals surface area contributed by atoms with Crippen LogP contribution in [0.5, 0.6) is 11.5 Å². The Morgan fingerprint density at radius 2 is 1.83 bits per heavy atom. The molecule has 0 amide bonds. The van der Waals surface area contributed by atoms with Gasteiger partial charge in [-0.25, -0.2) is 0 Å². The van der Waals surface area contributed by atoms with Gasteiger partial charge in [0.25, 0.3) is 0 Å². The van der Waals surface area contributed by atoms with Crippen LogP contribution in [0.25, 0.3) is 0 Å². The van der Waals surface area contributed by atoms with E-state index in [1.165, 1.54) is 5.56 Å². The smallest absolute Gasteiger partial charge is 0.161 e. The Hall–Kier alpha value is -1.29. The molecule has 0 fully saturated rings. The predicted octanol–water partition coefficient (Wildman–Crippen LogP) is 3.09. The van der Waals surface area contributed by atoms with Gasteiger partial charge < -0.3 is 15.2 Å². The third kappa shape index (κ3) is 4.92. The number of benzene rings is 1. The zero-order valence-corrected chi connectivity index (χ0v) is 11.9. The summed E-state index contributed by atoms with van der Waals surface area (Å²) in [6.07, 6.45) is 2.70. The quantitative estimate of drug-likeness (QED) is 0.735. The third-order valence-electron chi connectivity index (χ3n) is 2.50. The van der Waals surface area contributed by atoms with Gasteiger partial charge in [-0.3, -0.25) is 0 Å². The van der Waals surface area contributed by atoms with Crippen molar-refractivity contribution in [2.75, 3.05) is 13.2 Å². The summed E-state index contributed by atoms with van der Waals surface area (Å²) in [7, 11) is 0. The maximum Gasteiger partial charge on any atom is 0.161 e. The Bertz CT molecular complexity index is 393. The Balaban J connectivity index is 2.69.